The Labute approximate surface area is 70.7 Å². The van der Waals surface area contributed by atoms with Crippen molar-refractivity contribution in [2.45, 2.75) is 0 Å². The first-order chi connectivity index (χ1) is 5.77. The fourth-order valence-corrected chi connectivity index (χ4v) is 1.65. The Morgan fingerprint density at radius 3 is 0.769 bits per heavy atom. The van der Waals surface area contributed by atoms with Gasteiger partial charge in [-0.1, -0.05) is 0 Å². The fourth-order valence-electron chi connectivity index (χ4n) is 0.549. The van der Waals surface area contributed by atoms with Crippen LogP contribution in [0.25, 0.3) is 0 Å². The molecule has 0 heterocycles. The monoisotopic (exact) mass is 212 g/mol. The van der Waals surface area contributed by atoms with Gasteiger partial charge in [-0.3, -0.25) is 0 Å². The van der Waals surface area contributed by atoms with Gasteiger partial charge in [-0.25, -0.2) is 0 Å². The molecular weight excluding hydrogens is 207 g/mol. The van der Waals surface area contributed by atoms with E-state index in [-0.39, 0.29) is 0 Å². The Kier molecular flexibility index (Phi) is 2.92. The SMILES string of the molecule is O=C(O)[PH](C(=O)O)(C(=O)O)C(=O)O. The van der Waals surface area contributed by atoms with Crippen molar-refractivity contribution in [3.63, 3.8) is 0 Å². The standard InChI is InChI=1S/C4H5O8P/c5-1(6)13(2(7)8,3(9)10)4(11)12/h13H,(H,5,6)(H,7,8)(H,9,10)(H,11,12). The van der Waals surface area contributed by atoms with Gasteiger partial charge in [0.2, 0.25) is 0 Å². The Balaban J connectivity index is 5.60. The van der Waals surface area contributed by atoms with E-state index in [0.717, 1.165) is 0 Å². The minimum atomic E-state index is -5.44. The summed E-state index contributed by atoms with van der Waals surface area (Å²) in [5.74, 6) is 0. The van der Waals surface area contributed by atoms with Gasteiger partial charge in [0.15, 0.2) is 0 Å². The molecule has 0 rings (SSSR count). The summed E-state index contributed by atoms with van der Waals surface area (Å²) in [6, 6.07) is 0. The molecule has 0 aromatic heterocycles. The molecule has 0 aliphatic rings. The maximum absolute atomic E-state index is 10.3. The second-order valence-electron chi connectivity index (χ2n) is 1.97. The van der Waals surface area contributed by atoms with Crippen molar-refractivity contribution in [3.05, 3.63) is 0 Å². The summed E-state index contributed by atoms with van der Waals surface area (Å²) in [6.07, 6.45) is 0. The third-order valence-corrected chi connectivity index (χ3v) is 3.85. The quantitative estimate of drug-likeness (QED) is 0.511. The maximum atomic E-state index is 10.3. The van der Waals surface area contributed by atoms with E-state index < -0.39 is 30.1 Å². The summed E-state index contributed by atoms with van der Waals surface area (Å²) in [5, 5.41) is 33.0. The Morgan fingerprint density at radius 1 is 0.615 bits per heavy atom. The van der Waals surface area contributed by atoms with Crippen LogP contribution in [-0.2, 0) is 0 Å². The molecule has 0 bridgehead atoms. The van der Waals surface area contributed by atoms with Crippen molar-refractivity contribution in [1.82, 2.24) is 0 Å². The zero-order chi connectivity index (χ0) is 10.8. The minimum absolute atomic E-state index is 2.32. The van der Waals surface area contributed by atoms with Gasteiger partial charge in [-0.2, -0.15) is 0 Å². The van der Waals surface area contributed by atoms with E-state index in [1.54, 1.807) is 0 Å². The van der Waals surface area contributed by atoms with E-state index in [2.05, 4.69) is 0 Å². The molecule has 74 valence electrons. The molecule has 4 N–H and O–H groups in total. The third-order valence-electron chi connectivity index (χ3n) is 1.28. The molecule has 0 spiro atoms. The van der Waals surface area contributed by atoms with E-state index in [1.807, 2.05) is 0 Å². The topological polar surface area (TPSA) is 149 Å². The third kappa shape index (κ3) is 1.43. The normalized spacial score (nSPS) is 11.7. The van der Waals surface area contributed by atoms with Crippen LogP contribution < -0.4 is 0 Å². The van der Waals surface area contributed by atoms with Crippen LogP contribution in [-0.4, -0.2) is 43.3 Å². The average molecular weight is 212 g/mol. The molecule has 0 aromatic carbocycles. The molecule has 0 saturated heterocycles. The van der Waals surface area contributed by atoms with Gasteiger partial charge in [-0.05, 0) is 0 Å². The molecule has 0 radical (unpaired) electrons. The second-order valence-corrected chi connectivity index (χ2v) is 5.18. The fraction of sp³-hybridized carbons (Fsp3) is 0. The summed E-state index contributed by atoms with van der Waals surface area (Å²) >= 11 is 0. The van der Waals surface area contributed by atoms with Gasteiger partial charge in [0.05, 0.1) is 0 Å². The van der Waals surface area contributed by atoms with Crippen molar-refractivity contribution >= 4 is 30.1 Å². The Morgan fingerprint density at radius 2 is 0.769 bits per heavy atom. The Bertz CT molecular complexity index is 231. The number of carbonyl (C=O) groups is 4. The number of rotatable bonds is 4. The summed E-state index contributed by atoms with van der Waals surface area (Å²) in [6.45, 7) is 0. The van der Waals surface area contributed by atoms with Crippen LogP contribution in [0.1, 0.15) is 0 Å². The van der Waals surface area contributed by atoms with Crippen molar-refractivity contribution < 1.29 is 39.6 Å². The molecule has 0 aliphatic carbocycles. The molecule has 0 unspecified atom stereocenters. The van der Waals surface area contributed by atoms with Crippen LogP contribution in [0, 0.1) is 0 Å². The molecule has 8 nitrogen and oxygen atoms in total. The summed E-state index contributed by atoms with van der Waals surface area (Å²) in [7, 11) is -5.44. The van der Waals surface area contributed by atoms with Crippen molar-refractivity contribution in [2.75, 3.05) is 0 Å². The zero-order valence-corrected chi connectivity index (χ0v) is 6.92. The van der Waals surface area contributed by atoms with E-state index in [4.69, 9.17) is 20.4 Å². The van der Waals surface area contributed by atoms with Crippen molar-refractivity contribution in [1.29, 1.82) is 0 Å². The average Bonchev–Trinajstić information content (AvgIpc) is 1.82. The molecular formula is C4H5O8P. The Hall–Kier alpha value is -1.69. The van der Waals surface area contributed by atoms with E-state index in [1.165, 1.54) is 0 Å². The molecule has 0 fully saturated rings. The number of hydrogen-bond donors (Lipinski definition) is 4. The summed E-state index contributed by atoms with van der Waals surface area (Å²) in [4.78, 5) is 41.1. The van der Waals surface area contributed by atoms with E-state index >= 15 is 0 Å². The first-order valence-corrected chi connectivity index (χ1v) is 4.71. The summed E-state index contributed by atoms with van der Waals surface area (Å²) in [5.41, 5.74) is -9.28. The van der Waals surface area contributed by atoms with Crippen molar-refractivity contribution in [2.24, 2.45) is 0 Å². The van der Waals surface area contributed by atoms with Crippen LogP contribution in [0.4, 0.5) is 19.2 Å². The van der Waals surface area contributed by atoms with Crippen LogP contribution >= 0.6 is 7.26 Å². The van der Waals surface area contributed by atoms with Gasteiger partial charge >= 0.3 is 69.7 Å². The van der Waals surface area contributed by atoms with Crippen LogP contribution in [0.2, 0.25) is 0 Å². The van der Waals surface area contributed by atoms with Gasteiger partial charge in [-0.15, -0.1) is 0 Å². The molecule has 0 aromatic rings. The van der Waals surface area contributed by atoms with Crippen molar-refractivity contribution in [3.8, 4) is 0 Å². The van der Waals surface area contributed by atoms with Crippen LogP contribution in [0.5, 0.6) is 0 Å². The first-order valence-electron chi connectivity index (χ1n) is 2.71. The van der Waals surface area contributed by atoms with Gasteiger partial charge < -0.3 is 0 Å². The van der Waals surface area contributed by atoms with Gasteiger partial charge in [0.25, 0.3) is 0 Å². The number of hydrogen-bond acceptors (Lipinski definition) is 4. The van der Waals surface area contributed by atoms with E-state index in [0.29, 0.717) is 0 Å². The zero-order valence-electron chi connectivity index (χ0n) is 5.92. The predicted octanol–water partition coefficient (Wildman–Crippen LogP) is 1.45. The van der Waals surface area contributed by atoms with E-state index in [9.17, 15) is 19.2 Å². The molecule has 0 aliphatic heterocycles. The molecule has 0 amide bonds. The molecule has 0 saturated carbocycles. The first kappa shape index (κ1) is 11.3. The number of carboxylic acid groups (broad SMARTS) is 4. The van der Waals surface area contributed by atoms with Gasteiger partial charge in [0.1, 0.15) is 0 Å². The second kappa shape index (κ2) is 3.36. The molecule has 13 heavy (non-hydrogen) atoms. The predicted molar refractivity (Wildman–Crippen MR) is 40.4 cm³/mol. The summed E-state index contributed by atoms with van der Waals surface area (Å²) < 4.78 is 0. The van der Waals surface area contributed by atoms with Crippen LogP contribution in [0.15, 0.2) is 0 Å². The molecule has 0 atom stereocenters. The molecule has 9 heteroatoms. The van der Waals surface area contributed by atoms with Gasteiger partial charge in [0, 0.05) is 0 Å². The van der Waals surface area contributed by atoms with Crippen LogP contribution in [0.3, 0.4) is 0 Å².